The molecule has 1 saturated carbocycles. The highest BCUT2D eigenvalue weighted by atomic mass is 32.2. The van der Waals surface area contributed by atoms with Crippen LogP contribution in [0.3, 0.4) is 0 Å². The van der Waals surface area contributed by atoms with Gasteiger partial charge in [-0.2, -0.15) is 0 Å². The number of thioether (sulfide) groups is 1. The summed E-state index contributed by atoms with van der Waals surface area (Å²) in [4.78, 5) is 14.7. The number of hydrogen-bond donors (Lipinski definition) is 1. The number of carbonyl (C=O) groups is 1. The van der Waals surface area contributed by atoms with Crippen molar-refractivity contribution in [1.82, 2.24) is 0 Å². The molecule has 1 fully saturated rings. The Labute approximate surface area is 119 Å². The van der Waals surface area contributed by atoms with Crippen LogP contribution in [0.4, 0.5) is 5.69 Å². The highest BCUT2D eigenvalue weighted by molar-refractivity contribution is 7.98. The summed E-state index contributed by atoms with van der Waals surface area (Å²) in [7, 11) is 0. The molecule has 1 N–H and O–H groups in total. The zero-order valence-electron chi connectivity index (χ0n) is 11.7. The molecule has 0 aromatic heterocycles. The minimum absolute atomic E-state index is 0.461. The summed E-state index contributed by atoms with van der Waals surface area (Å²) in [6.45, 7) is 5.27. The van der Waals surface area contributed by atoms with Gasteiger partial charge in [0.15, 0.2) is 0 Å². The van der Waals surface area contributed by atoms with Gasteiger partial charge in [0.25, 0.3) is 0 Å². The normalized spacial score (nSPS) is 14.7. The Balaban J connectivity index is 2.43. The van der Waals surface area contributed by atoms with Gasteiger partial charge in [0, 0.05) is 17.5 Å². The lowest BCUT2D eigenvalue weighted by molar-refractivity contribution is 0.0693. The maximum atomic E-state index is 11.6. The van der Waals surface area contributed by atoms with E-state index in [1.165, 1.54) is 24.6 Å². The molecule has 0 spiro atoms. The van der Waals surface area contributed by atoms with Crippen LogP contribution in [0.2, 0.25) is 0 Å². The first kappa shape index (κ1) is 14.3. The molecule has 0 amide bonds. The van der Waals surface area contributed by atoms with E-state index in [1.807, 2.05) is 24.5 Å². The molecule has 1 aliphatic carbocycles. The third-order valence-corrected chi connectivity index (χ3v) is 4.08. The lowest BCUT2D eigenvalue weighted by atomic mass is 10.1. The van der Waals surface area contributed by atoms with E-state index in [9.17, 15) is 9.90 Å². The number of rotatable bonds is 6. The van der Waals surface area contributed by atoms with E-state index in [0.717, 1.165) is 17.1 Å². The van der Waals surface area contributed by atoms with Gasteiger partial charge in [0.2, 0.25) is 0 Å². The van der Waals surface area contributed by atoms with Crippen molar-refractivity contribution in [2.24, 2.45) is 5.92 Å². The van der Waals surface area contributed by atoms with Crippen molar-refractivity contribution in [1.29, 1.82) is 0 Å². The van der Waals surface area contributed by atoms with Crippen LogP contribution in [0.25, 0.3) is 0 Å². The Morgan fingerprint density at radius 3 is 2.63 bits per heavy atom. The average molecular weight is 279 g/mol. The van der Waals surface area contributed by atoms with Gasteiger partial charge in [-0.15, -0.1) is 11.8 Å². The second-order valence-corrected chi connectivity index (χ2v) is 6.29. The monoisotopic (exact) mass is 279 g/mol. The smallest absolute Gasteiger partial charge is 0.338 e. The number of nitrogens with zero attached hydrogens (tertiary/aromatic N) is 1. The van der Waals surface area contributed by atoms with Gasteiger partial charge in [0.1, 0.15) is 0 Å². The summed E-state index contributed by atoms with van der Waals surface area (Å²) >= 11 is 1.50. The number of carboxylic acid groups (broad SMARTS) is 1. The largest absolute Gasteiger partial charge is 0.478 e. The third kappa shape index (κ3) is 3.24. The fourth-order valence-corrected chi connectivity index (χ4v) is 2.98. The summed E-state index contributed by atoms with van der Waals surface area (Å²) < 4.78 is 0. The average Bonchev–Trinajstić information content (AvgIpc) is 3.18. The molecule has 0 radical (unpaired) electrons. The van der Waals surface area contributed by atoms with E-state index in [1.54, 1.807) is 0 Å². The highest BCUT2D eigenvalue weighted by Crippen LogP contribution is 2.37. The molecule has 4 heteroatoms. The minimum Gasteiger partial charge on any atom is -0.478 e. The van der Waals surface area contributed by atoms with Crippen molar-refractivity contribution in [3.63, 3.8) is 0 Å². The molecule has 1 aromatic carbocycles. The fraction of sp³-hybridized carbons (Fsp3) is 0.533. The topological polar surface area (TPSA) is 40.5 Å². The maximum Gasteiger partial charge on any atom is 0.338 e. The molecule has 2 rings (SSSR count). The zero-order chi connectivity index (χ0) is 14.0. The second-order valence-electron chi connectivity index (χ2n) is 5.44. The van der Waals surface area contributed by atoms with Gasteiger partial charge in [-0.3, -0.25) is 0 Å². The Kier molecular flexibility index (Phi) is 4.40. The molecule has 3 nitrogen and oxygen atoms in total. The Morgan fingerprint density at radius 1 is 1.47 bits per heavy atom. The predicted molar refractivity (Wildman–Crippen MR) is 80.4 cm³/mol. The van der Waals surface area contributed by atoms with E-state index in [0.29, 0.717) is 17.5 Å². The fourth-order valence-electron chi connectivity index (χ4n) is 2.37. The van der Waals surface area contributed by atoms with Crippen molar-refractivity contribution >= 4 is 23.4 Å². The second kappa shape index (κ2) is 5.87. The van der Waals surface area contributed by atoms with E-state index in [4.69, 9.17) is 0 Å². The van der Waals surface area contributed by atoms with E-state index >= 15 is 0 Å². The van der Waals surface area contributed by atoms with E-state index in [-0.39, 0.29) is 0 Å². The van der Waals surface area contributed by atoms with Gasteiger partial charge < -0.3 is 10.0 Å². The van der Waals surface area contributed by atoms with Crippen molar-refractivity contribution in [3.8, 4) is 0 Å². The molecule has 19 heavy (non-hydrogen) atoms. The van der Waals surface area contributed by atoms with Crippen LogP contribution >= 0.6 is 11.8 Å². The number of hydrogen-bond acceptors (Lipinski definition) is 3. The van der Waals surface area contributed by atoms with Crippen molar-refractivity contribution < 1.29 is 9.90 Å². The molecule has 0 unspecified atom stereocenters. The summed E-state index contributed by atoms with van der Waals surface area (Å²) in [6.07, 6.45) is 4.28. The molecule has 104 valence electrons. The van der Waals surface area contributed by atoms with E-state index in [2.05, 4.69) is 18.7 Å². The quantitative estimate of drug-likeness (QED) is 0.805. The molecule has 1 aliphatic rings. The summed E-state index contributed by atoms with van der Waals surface area (Å²) in [5.41, 5.74) is 1.35. The molecule has 0 saturated heterocycles. The lowest BCUT2D eigenvalue weighted by Gasteiger charge is -2.28. The third-order valence-electron chi connectivity index (χ3n) is 3.30. The van der Waals surface area contributed by atoms with Crippen molar-refractivity contribution in [3.05, 3.63) is 23.8 Å². The SMILES string of the molecule is CSc1cccc(N(CC(C)C)C2CC2)c1C(=O)O. The standard InChI is InChI=1S/C15H21NO2S/c1-10(2)9-16(11-7-8-11)12-5-4-6-13(19-3)14(12)15(17)18/h4-6,10-11H,7-9H2,1-3H3,(H,17,18). The van der Waals surface area contributed by atoms with Crippen LogP contribution in [-0.2, 0) is 0 Å². The number of carboxylic acids is 1. The van der Waals surface area contributed by atoms with Gasteiger partial charge in [-0.05, 0) is 37.1 Å². The van der Waals surface area contributed by atoms with Gasteiger partial charge in [0.05, 0.1) is 11.3 Å². The van der Waals surface area contributed by atoms with Crippen LogP contribution in [0.15, 0.2) is 23.1 Å². The molecule has 0 bridgehead atoms. The molecule has 0 aliphatic heterocycles. The number of aromatic carboxylic acids is 1. The van der Waals surface area contributed by atoms with Crippen LogP contribution in [0.5, 0.6) is 0 Å². The van der Waals surface area contributed by atoms with Crippen LogP contribution in [-0.4, -0.2) is 29.9 Å². The lowest BCUT2D eigenvalue weighted by Crippen LogP contribution is -2.31. The van der Waals surface area contributed by atoms with Crippen molar-refractivity contribution in [2.75, 3.05) is 17.7 Å². The molecular formula is C15H21NO2S. The Bertz CT molecular complexity index is 469. The maximum absolute atomic E-state index is 11.6. The van der Waals surface area contributed by atoms with Gasteiger partial charge in [-0.1, -0.05) is 19.9 Å². The minimum atomic E-state index is -0.825. The summed E-state index contributed by atoms with van der Waals surface area (Å²) in [5, 5.41) is 9.52. The zero-order valence-corrected chi connectivity index (χ0v) is 12.5. The molecular weight excluding hydrogens is 258 g/mol. The summed E-state index contributed by atoms with van der Waals surface area (Å²) in [5.74, 6) is -0.297. The van der Waals surface area contributed by atoms with Gasteiger partial charge >= 0.3 is 5.97 Å². The summed E-state index contributed by atoms with van der Waals surface area (Å²) in [6, 6.07) is 6.32. The molecule has 0 heterocycles. The predicted octanol–water partition coefficient (Wildman–Crippen LogP) is 3.73. The van der Waals surface area contributed by atoms with Crippen LogP contribution < -0.4 is 4.90 Å². The number of anilines is 1. The van der Waals surface area contributed by atoms with Gasteiger partial charge in [-0.25, -0.2) is 4.79 Å². The highest BCUT2D eigenvalue weighted by Gasteiger charge is 2.32. The first-order chi connectivity index (χ1) is 9.04. The first-order valence-electron chi connectivity index (χ1n) is 6.71. The van der Waals surface area contributed by atoms with Crippen LogP contribution in [0.1, 0.15) is 37.0 Å². The Morgan fingerprint density at radius 2 is 2.16 bits per heavy atom. The Hall–Kier alpha value is -1.16. The molecule has 0 atom stereocenters. The van der Waals surface area contributed by atoms with Crippen LogP contribution in [0, 0.1) is 5.92 Å². The van der Waals surface area contributed by atoms with Crippen molar-refractivity contribution in [2.45, 2.75) is 37.6 Å². The molecule has 1 aromatic rings. The first-order valence-corrected chi connectivity index (χ1v) is 7.94. The number of benzene rings is 1. The van der Waals surface area contributed by atoms with E-state index < -0.39 is 5.97 Å².